The van der Waals surface area contributed by atoms with Crippen LogP contribution in [0, 0.1) is 0 Å². The van der Waals surface area contributed by atoms with Crippen molar-refractivity contribution in [3.05, 3.63) is 34.3 Å². The summed E-state index contributed by atoms with van der Waals surface area (Å²) in [6.45, 7) is 1.90. The van der Waals surface area contributed by atoms with Gasteiger partial charge in [-0.3, -0.25) is 9.59 Å². The molecule has 7 heteroatoms. The molecular weight excluding hydrogens is 342 g/mol. The molecule has 0 aliphatic heterocycles. The van der Waals surface area contributed by atoms with E-state index in [0.29, 0.717) is 10.0 Å². The molecule has 0 radical (unpaired) electrons. The first-order valence-electron chi connectivity index (χ1n) is 6.39. The number of rotatable bonds is 7. The summed E-state index contributed by atoms with van der Waals surface area (Å²) >= 11 is 3.22. The molecule has 0 spiro atoms. The fourth-order valence-corrected chi connectivity index (χ4v) is 2.10. The Morgan fingerprint density at radius 1 is 1.33 bits per heavy atom. The molecule has 1 atom stereocenters. The molecule has 1 amide bonds. The Morgan fingerprint density at radius 2 is 2.00 bits per heavy atom. The van der Waals surface area contributed by atoms with Gasteiger partial charge in [0.2, 0.25) is 0 Å². The number of amides is 1. The third-order valence-electron chi connectivity index (χ3n) is 2.66. The maximum absolute atomic E-state index is 12.0. The number of carboxylic acid groups (broad SMARTS) is 1. The number of carbonyl (C=O) groups excluding carboxylic acids is 2. The summed E-state index contributed by atoms with van der Waals surface area (Å²) in [6, 6.07) is 5.53. The van der Waals surface area contributed by atoms with Gasteiger partial charge in [-0.25, -0.2) is 4.79 Å². The molecule has 0 aliphatic rings. The van der Waals surface area contributed by atoms with Gasteiger partial charge in [0.15, 0.2) is 0 Å². The number of hydrogen-bond donors (Lipinski definition) is 2. The highest BCUT2D eigenvalue weighted by molar-refractivity contribution is 9.10. The number of carboxylic acids is 1. The van der Waals surface area contributed by atoms with Gasteiger partial charge in [0.05, 0.1) is 12.2 Å². The lowest BCUT2D eigenvalue weighted by atomic mass is 10.1. The second-order valence-electron chi connectivity index (χ2n) is 4.19. The van der Waals surface area contributed by atoms with Crippen molar-refractivity contribution in [2.45, 2.75) is 25.8 Å². The number of nitrogens with one attached hydrogen (secondary N) is 1. The zero-order valence-electron chi connectivity index (χ0n) is 11.5. The lowest BCUT2D eigenvalue weighted by Gasteiger charge is -2.14. The van der Waals surface area contributed by atoms with Gasteiger partial charge >= 0.3 is 11.9 Å². The minimum absolute atomic E-state index is 0.0235. The first-order valence-corrected chi connectivity index (χ1v) is 7.18. The fraction of sp³-hybridized carbons (Fsp3) is 0.357. The van der Waals surface area contributed by atoms with E-state index in [1.807, 2.05) is 0 Å². The summed E-state index contributed by atoms with van der Waals surface area (Å²) in [4.78, 5) is 34.4. The molecule has 0 saturated heterocycles. The van der Waals surface area contributed by atoms with Gasteiger partial charge in [-0.1, -0.05) is 12.1 Å². The maximum Gasteiger partial charge on any atom is 0.326 e. The molecular formula is C14H16BrNO5. The van der Waals surface area contributed by atoms with Crippen LogP contribution in [0.4, 0.5) is 0 Å². The van der Waals surface area contributed by atoms with Crippen molar-refractivity contribution in [3.8, 4) is 0 Å². The summed E-state index contributed by atoms with van der Waals surface area (Å²) in [6.07, 6.45) is -0.0919. The Hall–Kier alpha value is -1.89. The molecule has 0 bridgehead atoms. The van der Waals surface area contributed by atoms with E-state index in [1.54, 1.807) is 31.2 Å². The van der Waals surface area contributed by atoms with Gasteiger partial charge in [0.1, 0.15) is 6.04 Å². The molecule has 0 aliphatic carbocycles. The third-order valence-corrected chi connectivity index (χ3v) is 3.36. The van der Waals surface area contributed by atoms with Crippen LogP contribution in [0.3, 0.4) is 0 Å². The van der Waals surface area contributed by atoms with E-state index in [1.165, 1.54) is 0 Å². The number of benzene rings is 1. The highest BCUT2D eigenvalue weighted by Crippen LogP contribution is 2.16. The van der Waals surface area contributed by atoms with Crippen molar-refractivity contribution in [2.75, 3.05) is 6.61 Å². The minimum atomic E-state index is -1.19. The topological polar surface area (TPSA) is 92.7 Å². The molecule has 1 aromatic carbocycles. The normalized spacial score (nSPS) is 11.5. The predicted octanol–water partition coefficient (Wildman–Crippen LogP) is 1.98. The van der Waals surface area contributed by atoms with Gasteiger partial charge in [-0.15, -0.1) is 0 Å². The van der Waals surface area contributed by atoms with Crippen molar-refractivity contribution in [1.82, 2.24) is 5.32 Å². The van der Waals surface area contributed by atoms with Crippen molar-refractivity contribution >= 4 is 33.8 Å². The van der Waals surface area contributed by atoms with Crippen LogP contribution in [0.1, 0.15) is 30.1 Å². The van der Waals surface area contributed by atoms with Gasteiger partial charge in [-0.05, 0) is 41.4 Å². The van der Waals surface area contributed by atoms with Crippen molar-refractivity contribution in [3.63, 3.8) is 0 Å². The first kappa shape index (κ1) is 17.2. The summed E-state index contributed by atoms with van der Waals surface area (Å²) in [5, 5.41) is 11.5. The van der Waals surface area contributed by atoms with E-state index in [4.69, 9.17) is 9.84 Å². The molecule has 0 unspecified atom stereocenters. The molecule has 6 nitrogen and oxygen atoms in total. The van der Waals surface area contributed by atoms with Crippen LogP contribution in [-0.2, 0) is 14.3 Å². The van der Waals surface area contributed by atoms with Crippen LogP contribution in [-0.4, -0.2) is 35.6 Å². The zero-order valence-corrected chi connectivity index (χ0v) is 13.1. The third kappa shape index (κ3) is 5.55. The molecule has 2 N–H and O–H groups in total. The van der Waals surface area contributed by atoms with Gasteiger partial charge in [-0.2, -0.15) is 0 Å². The molecule has 1 aromatic rings. The van der Waals surface area contributed by atoms with Crippen LogP contribution in [0.5, 0.6) is 0 Å². The number of carbonyl (C=O) groups is 3. The fourth-order valence-electron chi connectivity index (χ4n) is 1.63. The highest BCUT2D eigenvalue weighted by Gasteiger charge is 2.22. The van der Waals surface area contributed by atoms with Crippen molar-refractivity contribution in [1.29, 1.82) is 0 Å². The Kier molecular flexibility index (Phi) is 6.87. The van der Waals surface area contributed by atoms with E-state index in [0.717, 1.165) is 0 Å². The van der Waals surface area contributed by atoms with Crippen LogP contribution in [0.2, 0.25) is 0 Å². The lowest BCUT2D eigenvalue weighted by molar-refractivity contribution is -0.144. The second-order valence-corrected chi connectivity index (χ2v) is 5.04. The van der Waals surface area contributed by atoms with Crippen LogP contribution >= 0.6 is 15.9 Å². The Morgan fingerprint density at radius 3 is 2.57 bits per heavy atom. The second kappa shape index (κ2) is 8.41. The monoisotopic (exact) mass is 357 g/mol. The Balaban J connectivity index is 2.66. The van der Waals surface area contributed by atoms with Gasteiger partial charge in [0, 0.05) is 10.9 Å². The summed E-state index contributed by atoms with van der Waals surface area (Å²) in [7, 11) is 0. The number of aliphatic carboxylic acids is 1. The Bertz CT molecular complexity index is 532. The minimum Gasteiger partial charge on any atom is -0.480 e. The van der Waals surface area contributed by atoms with E-state index < -0.39 is 23.9 Å². The van der Waals surface area contributed by atoms with E-state index in [2.05, 4.69) is 21.2 Å². The van der Waals surface area contributed by atoms with Crippen LogP contribution in [0.25, 0.3) is 0 Å². The number of halogens is 1. The Labute approximate surface area is 130 Å². The molecule has 0 heterocycles. The highest BCUT2D eigenvalue weighted by atomic mass is 79.9. The summed E-state index contributed by atoms with van der Waals surface area (Å²) < 4.78 is 5.30. The first-order chi connectivity index (χ1) is 9.95. The maximum atomic E-state index is 12.0. The smallest absolute Gasteiger partial charge is 0.326 e. The average molecular weight is 358 g/mol. The van der Waals surface area contributed by atoms with Crippen LogP contribution in [0.15, 0.2) is 28.7 Å². The molecule has 0 fully saturated rings. The summed E-state index contributed by atoms with van der Waals surface area (Å²) in [5.74, 6) is -2.20. The van der Waals surface area contributed by atoms with Crippen LogP contribution < -0.4 is 5.32 Å². The molecule has 114 valence electrons. The van der Waals surface area contributed by atoms with E-state index in [9.17, 15) is 14.4 Å². The molecule has 21 heavy (non-hydrogen) atoms. The number of hydrogen-bond acceptors (Lipinski definition) is 4. The quantitative estimate of drug-likeness (QED) is 0.727. The van der Waals surface area contributed by atoms with Gasteiger partial charge in [0.25, 0.3) is 5.91 Å². The number of ether oxygens (including phenoxy) is 1. The standard InChI is InChI=1S/C14H16BrNO5/c1-2-21-12(17)8-7-11(14(19)20)16-13(18)9-5-3-4-6-10(9)15/h3-6,11H,2,7-8H2,1H3,(H,16,18)(H,19,20)/t11-/m0/s1. The molecule has 1 rings (SSSR count). The lowest BCUT2D eigenvalue weighted by Crippen LogP contribution is -2.41. The van der Waals surface area contributed by atoms with Crippen molar-refractivity contribution < 1.29 is 24.2 Å². The van der Waals surface area contributed by atoms with E-state index >= 15 is 0 Å². The zero-order chi connectivity index (χ0) is 15.8. The molecule has 0 aromatic heterocycles. The SMILES string of the molecule is CCOC(=O)CC[C@H](NC(=O)c1ccccc1Br)C(=O)O. The summed E-state index contributed by atoms with van der Waals surface area (Å²) in [5.41, 5.74) is 0.333. The average Bonchev–Trinajstić information content (AvgIpc) is 2.43. The van der Waals surface area contributed by atoms with E-state index in [-0.39, 0.29) is 19.4 Å². The van der Waals surface area contributed by atoms with Crippen molar-refractivity contribution in [2.24, 2.45) is 0 Å². The predicted molar refractivity (Wildman–Crippen MR) is 78.9 cm³/mol. The number of esters is 1. The molecule has 0 saturated carbocycles. The largest absolute Gasteiger partial charge is 0.480 e. The van der Waals surface area contributed by atoms with Gasteiger partial charge < -0.3 is 15.2 Å².